The topological polar surface area (TPSA) is 115 Å². The fourth-order valence-electron chi connectivity index (χ4n) is 9.49. The van der Waals surface area contributed by atoms with Crippen LogP contribution in [-0.4, -0.2) is 35.3 Å². The summed E-state index contributed by atoms with van der Waals surface area (Å²) in [5.41, 5.74) is 22.1. The van der Waals surface area contributed by atoms with E-state index in [0.29, 0.717) is 37.3 Å². The van der Waals surface area contributed by atoms with Crippen LogP contribution in [0.4, 0.5) is 0 Å². The van der Waals surface area contributed by atoms with E-state index in [9.17, 15) is 0 Å². The lowest BCUT2D eigenvalue weighted by Gasteiger charge is -2.22. The van der Waals surface area contributed by atoms with E-state index in [-0.39, 0.29) is 11.2 Å². The van der Waals surface area contributed by atoms with Crippen LogP contribution in [0.15, 0.2) is 122 Å². The first-order valence-electron chi connectivity index (χ1n) is 25.8. The van der Waals surface area contributed by atoms with Gasteiger partial charge in [0, 0.05) is 57.1 Å². The number of unbranched alkanes of at least 4 members (excludes halogenated alkanes) is 2. The second-order valence-corrected chi connectivity index (χ2v) is 20.9. The lowest BCUT2D eigenvalue weighted by molar-refractivity contribution is 0.0172. The Hall–Kier alpha value is -4.80. The molecule has 10 heteroatoms. The normalized spacial score (nSPS) is 17.2. The number of ether oxygens (including phenoxy) is 4. The number of pyridine rings is 2. The van der Waals surface area contributed by atoms with Crippen LogP contribution in [-0.2, 0) is 33.9 Å². The van der Waals surface area contributed by atoms with Crippen molar-refractivity contribution in [1.82, 2.24) is 9.97 Å². The molecule has 2 heterocycles. The third-order valence-electron chi connectivity index (χ3n) is 14.5. The average Bonchev–Trinajstić information content (AvgIpc) is 4.15. The van der Waals surface area contributed by atoms with Crippen molar-refractivity contribution < 1.29 is 18.9 Å². The number of benzene rings is 4. The van der Waals surface area contributed by atoms with Gasteiger partial charge in [0.25, 0.3) is 0 Å². The molecule has 4 N–H and O–H groups in total. The van der Waals surface area contributed by atoms with E-state index in [1.165, 1.54) is 11.1 Å². The Morgan fingerprint density at radius 1 is 0.543 bits per heavy atom. The van der Waals surface area contributed by atoms with E-state index in [4.69, 9.17) is 53.6 Å². The highest BCUT2D eigenvalue weighted by atomic mass is 35.5. The fraction of sp³-hybridized carbons (Fsp3) is 0.433. The van der Waals surface area contributed by atoms with Gasteiger partial charge in [0.15, 0.2) is 0 Å². The Kier molecular flexibility index (Phi) is 16.6. The molecule has 70 heavy (non-hydrogen) atoms. The summed E-state index contributed by atoms with van der Waals surface area (Å²) in [5, 5.41) is 1.52. The number of hydrogen-bond donors (Lipinski definition) is 2. The van der Waals surface area contributed by atoms with E-state index < -0.39 is 0 Å². The summed E-state index contributed by atoms with van der Waals surface area (Å²) >= 11 is 13.2. The molecular weight excluding hydrogens is 912 g/mol. The van der Waals surface area contributed by atoms with E-state index in [2.05, 4.69) is 96.6 Å². The predicted molar refractivity (Wildman–Crippen MR) is 284 cm³/mol. The molecule has 10 rings (SSSR count). The number of aromatic nitrogens is 2. The van der Waals surface area contributed by atoms with E-state index in [1.54, 1.807) is 0 Å². The molecule has 2 atom stereocenters. The van der Waals surface area contributed by atoms with Gasteiger partial charge in [-0.15, -0.1) is 0 Å². The molecule has 4 aromatic carbocycles. The summed E-state index contributed by atoms with van der Waals surface area (Å²) in [6.45, 7) is 7.02. The van der Waals surface area contributed by atoms with E-state index in [1.807, 2.05) is 49.1 Å². The molecule has 368 valence electrons. The number of para-hydroxylation sites is 2. The Morgan fingerprint density at radius 3 is 1.34 bits per heavy atom. The van der Waals surface area contributed by atoms with Gasteiger partial charge in [-0.05, 0) is 172 Å². The number of nitrogens with zero attached hydrogens (tertiary/aromatic N) is 2. The van der Waals surface area contributed by atoms with Crippen LogP contribution in [0, 0.1) is 0 Å². The van der Waals surface area contributed by atoms with Crippen molar-refractivity contribution >= 4 is 23.2 Å². The second kappa shape index (κ2) is 23.2. The molecule has 4 aliphatic carbocycles. The molecule has 0 aliphatic heterocycles. The standard InChI is InChI=1S/2C30H35ClN2O2/c2*1-21(6-4-5-16-32)22-9-12-28(31)23(18-22)20-34-30(14-15-30)27-19-33-17-13-25(27)26-7-2-3-8-29(26)35-24-10-11-24/h2*2-3,7-9,12-13,17-19,21,24H,4-6,10-11,14-16,20,32H2,1H3/t2*21-/m10/s1. The minimum atomic E-state index is -0.331. The van der Waals surface area contributed by atoms with Gasteiger partial charge in [-0.2, -0.15) is 0 Å². The van der Waals surface area contributed by atoms with Gasteiger partial charge < -0.3 is 30.4 Å². The van der Waals surface area contributed by atoms with Gasteiger partial charge in [0.05, 0.1) is 36.6 Å². The van der Waals surface area contributed by atoms with Crippen LogP contribution in [0.2, 0.25) is 10.0 Å². The molecule has 4 saturated carbocycles. The zero-order valence-corrected chi connectivity index (χ0v) is 42.5. The highest BCUT2D eigenvalue weighted by Gasteiger charge is 2.49. The largest absolute Gasteiger partial charge is 0.490 e. The van der Waals surface area contributed by atoms with Gasteiger partial charge in [0.1, 0.15) is 11.5 Å². The van der Waals surface area contributed by atoms with Crippen molar-refractivity contribution in [3.8, 4) is 33.8 Å². The molecule has 0 bridgehead atoms. The van der Waals surface area contributed by atoms with Gasteiger partial charge in [-0.1, -0.05) is 111 Å². The predicted octanol–water partition coefficient (Wildman–Crippen LogP) is 14.8. The number of rotatable bonds is 24. The number of halogens is 2. The van der Waals surface area contributed by atoms with Gasteiger partial charge in [0.2, 0.25) is 0 Å². The van der Waals surface area contributed by atoms with Crippen molar-refractivity contribution in [2.45, 2.75) is 152 Å². The highest BCUT2D eigenvalue weighted by Crippen LogP contribution is 2.55. The van der Waals surface area contributed by atoms with Crippen molar-refractivity contribution in [1.29, 1.82) is 0 Å². The lowest BCUT2D eigenvalue weighted by atomic mass is 9.94. The maximum Gasteiger partial charge on any atom is 0.127 e. The minimum absolute atomic E-state index is 0.331. The molecule has 6 aromatic rings. The van der Waals surface area contributed by atoms with Crippen LogP contribution in [0.3, 0.4) is 0 Å². The molecule has 0 saturated heterocycles. The minimum Gasteiger partial charge on any atom is -0.490 e. The molecule has 8 nitrogen and oxygen atoms in total. The van der Waals surface area contributed by atoms with Crippen LogP contribution in [0.5, 0.6) is 11.5 Å². The van der Waals surface area contributed by atoms with Crippen molar-refractivity contribution in [2.24, 2.45) is 11.5 Å². The zero-order valence-electron chi connectivity index (χ0n) is 41.0. The Morgan fingerprint density at radius 2 is 0.957 bits per heavy atom. The highest BCUT2D eigenvalue weighted by molar-refractivity contribution is 6.31. The first kappa shape index (κ1) is 50.2. The van der Waals surface area contributed by atoms with Gasteiger partial charge in [-0.25, -0.2) is 0 Å². The van der Waals surface area contributed by atoms with Crippen LogP contribution < -0.4 is 20.9 Å². The second-order valence-electron chi connectivity index (χ2n) is 20.1. The van der Waals surface area contributed by atoms with Crippen molar-refractivity contribution in [3.63, 3.8) is 0 Å². The molecule has 0 spiro atoms. The molecule has 4 fully saturated rings. The van der Waals surface area contributed by atoms with Crippen LogP contribution >= 0.6 is 23.2 Å². The summed E-state index contributed by atoms with van der Waals surface area (Å²) in [6.07, 6.45) is 23.5. The SMILES string of the molecule is C[C@@H](CCCCN)c1ccc(Cl)c(COC2(c3cnccc3-c3ccccc3OC3CC3)CC2)c1.C[C@H](CCCCN)c1ccc(Cl)c(COC2(c3cnccc3-c3ccccc3OC3CC3)CC2)c1. The smallest absolute Gasteiger partial charge is 0.127 e. The first-order chi connectivity index (χ1) is 34.2. The van der Waals surface area contributed by atoms with Crippen molar-refractivity contribution in [3.05, 3.63) is 165 Å². The molecule has 4 aliphatic rings. The number of nitrogens with two attached hydrogens (primary N) is 2. The van der Waals surface area contributed by atoms with Crippen molar-refractivity contribution in [2.75, 3.05) is 13.1 Å². The molecule has 0 unspecified atom stereocenters. The maximum atomic E-state index is 6.64. The summed E-state index contributed by atoms with van der Waals surface area (Å²) < 4.78 is 25.7. The monoisotopic (exact) mass is 980 g/mol. The number of hydrogen-bond acceptors (Lipinski definition) is 8. The van der Waals surface area contributed by atoms with Gasteiger partial charge >= 0.3 is 0 Å². The van der Waals surface area contributed by atoms with E-state index in [0.717, 1.165) is 169 Å². The fourth-order valence-corrected chi connectivity index (χ4v) is 9.83. The Bertz CT molecular complexity index is 2500. The Balaban J connectivity index is 0.000000174. The maximum absolute atomic E-state index is 6.64. The van der Waals surface area contributed by atoms with E-state index >= 15 is 0 Å². The first-order valence-corrected chi connectivity index (χ1v) is 26.6. The van der Waals surface area contributed by atoms with Gasteiger partial charge in [-0.3, -0.25) is 9.97 Å². The average molecular weight is 982 g/mol. The summed E-state index contributed by atoms with van der Waals surface area (Å²) in [4.78, 5) is 8.94. The van der Waals surface area contributed by atoms with Crippen LogP contribution in [0.1, 0.15) is 149 Å². The molecule has 0 amide bonds. The molecular formula is C60H70Cl2N4O4. The quantitative estimate of drug-likeness (QED) is 0.0576. The van der Waals surface area contributed by atoms with Crippen LogP contribution in [0.25, 0.3) is 22.3 Å². The third-order valence-corrected chi connectivity index (χ3v) is 15.2. The zero-order chi connectivity index (χ0) is 48.5. The summed E-state index contributed by atoms with van der Waals surface area (Å²) in [5.74, 6) is 2.83. The summed E-state index contributed by atoms with van der Waals surface area (Å²) in [7, 11) is 0. The lowest BCUT2D eigenvalue weighted by Crippen LogP contribution is -2.14. The molecule has 0 radical (unpaired) electrons. The third kappa shape index (κ3) is 12.6. The summed E-state index contributed by atoms with van der Waals surface area (Å²) in [6, 6.07) is 33.5. The Labute approximate surface area is 425 Å². The molecule has 2 aromatic heterocycles.